The highest BCUT2D eigenvalue weighted by Crippen LogP contribution is 2.47. The molecule has 3 aromatic rings. The van der Waals surface area contributed by atoms with Gasteiger partial charge in [0.15, 0.2) is 11.5 Å². The lowest BCUT2D eigenvalue weighted by molar-refractivity contribution is -0.291. The van der Waals surface area contributed by atoms with E-state index in [1.54, 1.807) is 0 Å². The second kappa shape index (κ2) is 8.17. The maximum absolute atomic E-state index is 14.2. The Morgan fingerprint density at radius 1 is 1.03 bits per heavy atom. The quantitative estimate of drug-likeness (QED) is 0.451. The van der Waals surface area contributed by atoms with E-state index >= 15 is 0 Å². The van der Waals surface area contributed by atoms with Crippen LogP contribution >= 0.6 is 11.6 Å². The SMILES string of the molecule is O=c1[nH]c(-c2ncccc2O)nc(C(F)(F)C(F)(F)F)c1Oc1ccc(Cl)c(C(F)(F)F)c1. The van der Waals surface area contributed by atoms with E-state index in [0.29, 0.717) is 12.1 Å². The van der Waals surface area contributed by atoms with E-state index in [0.717, 1.165) is 12.3 Å². The fourth-order valence-electron chi connectivity index (χ4n) is 2.50. The molecule has 0 radical (unpaired) electrons. The average molecular weight is 502 g/mol. The lowest BCUT2D eigenvalue weighted by atomic mass is 10.1. The molecule has 0 spiro atoms. The minimum Gasteiger partial charge on any atom is -0.506 e. The molecule has 2 aromatic heterocycles. The minimum absolute atomic E-state index is 0.204. The predicted octanol–water partition coefficient (Wildman–Crippen LogP) is 5.66. The summed E-state index contributed by atoms with van der Waals surface area (Å²) in [5.41, 5.74) is -6.12. The smallest absolute Gasteiger partial charge is 0.459 e. The lowest BCUT2D eigenvalue weighted by Gasteiger charge is -2.21. The monoisotopic (exact) mass is 501 g/mol. The Bertz CT molecular complexity index is 1260. The fourth-order valence-corrected chi connectivity index (χ4v) is 2.72. The standard InChI is InChI=1S/C18H8ClF8N3O3/c19-9-4-3-7(6-8(9)17(22,23)24)33-12-13(16(20,21)18(25,26)27)29-14(30-15(12)32)11-10(31)2-1-5-28-11/h1-6,31H,(H,29,30,32). The summed E-state index contributed by atoms with van der Waals surface area (Å²) in [4.78, 5) is 20.8. The average Bonchev–Trinajstić information content (AvgIpc) is 2.69. The van der Waals surface area contributed by atoms with Crippen molar-refractivity contribution in [3.05, 3.63) is 63.2 Å². The summed E-state index contributed by atoms with van der Waals surface area (Å²) in [7, 11) is 0. The highest BCUT2D eigenvalue weighted by Gasteiger charge is 2.62. The van der Waals surface area contributed by atoms with Gasteiger partial charge in [0.25, 0.3) is 5.56 Å². The van der Waals surface area contributed by atoms with E-state index in [4.69, 9.17) is 16.3 Å². The van der Waals surface area contributed by atoms with Crippen molar-refractivity contribution < 1.29 is 45.0 Å². The zero-order valence-corrected chi connectivity index (χ0v) is 16.3. The van der Waals surface area contributed by atoms with Gasteiger partial charge in [-0.05, 0) is 30.3 Å². The van der Waals surface area contributed by atoms with Crippen LogP contribution in [-0.4, -0.2) is 26.2 Å². The molecule has 2 heterocycles. The maximum Gasteiger partial charge on any atom is 0.459 e. The number of aromatic amines is 1. The van der Waals surface area contributed by atoms with Gasteiger partial charge in [0.2, 0.25) is 5.75 Å². The maximum atomic E-state index is 14.2. The number of nitrogens with one attached hydrogen (secondary N) is 1. The Morgan fingerprint density at radius 3 is 2.27 bits per heavy atom. The van der Waals surface area contributed by atoms with Gasteiger partial charge < -0.3 is 14.8 Å². The van der Waals surface area contributed by atoms with Gasteiger partial charge in [-0.3, -0.25) is 4.79 Å². The number of hydrogen-bond donors (Lipinski definition) is 2. The van der Waals surface area contributed by atoms with Crippen LogP contribution in [0, 0.1) is 0 Å². The molecule has 0 fully saturated rings. The molecular formula is C18H8ClF8N3O3. The summed E-state index contributed by atoms with van der Waals surface area (Å²) in [5, 5.41) is 8.95. The zero-order chi connectivity index (χ0) is 24.8. The third-order valence-electron chi connectivity index (χ3n) is 4.00. The molecule has 0 aliphatic rings. The van der Waals surface area contributed by atoms with Crippen molar-refractivity contribution in [2.45, 2.75) is 18.3 Å². The van der Waals surface area contributed by atoms with Gasteiger partial charge in [-0.1, -0.05) is 11.6 Å². The lowest BCUT2D eigenvalue weighted by Crippen LogP contribution is -2.36. The molecule has 3 rings (SSSR count). The van der Waals surface area contributed by atoms with Crippen LogP contribution in [0.2, 0.25) is 5.02 Å². The number of pyridine rings is 1. The van der Waals surface area contributed by atoms with Crippen molar-refractivity contribution in [1.82, 2.24) is 15.0 Å². The Labute approximate surface area is 182 Å². The van der Waals surface area contributed by atoms with Gasteiger partial charge in [-0.2, -0.15) is 35.1 Å². The van der Waals surface area contributed by atoms with Crippen molar-refractivity contribution >= 4 is 11.6 Å². The summed E-state index contributed by atoms with van der Waals surface area (Å²) in [6, 6.07) is 3.74. The molecule has 0 atom stereocenters. The van der Waals surface area contributed by atoms with Crippen LogP contribution in [-0.2, 0) is 12.1 Å². The van der Waals surface area contributed by atoms with Crippen molar-refractivity contribution in [2.24, 2.45) is 0 Å². The number of ether oxygens (including phenoxy) is 1. The summed E-state index contributed by atoms with van der Waals surface area (Å²) >= 11 is 5.43. The fraction of sp³-hybridized carbons (Fsp3) is 0.167. The third kappa shape index (κ3) is 4.69. The number of nitrogens with zero attached hydrogens (tertiary/aromatic N) is 2. The first kappa shape index (κ1) is 24.2. The molecule has 2 N–H and O–H groups in total. The van der Waals surface area contributed by atoms with Crippen molar-refractivity contribution in [3.63, 3.8) is 0 Å². The van der Waals surface area contributed by atoms with Crippen LogP contribution in [0.15, 0.2) is 41.3 Å². The molecule has 0 aliphatic heterocycles. The van der Waals surface area contributed by atoms with Crippen LogP contribution in [0.1, 0.15) is 11.3 Å². The topological polar surface area (TPSA) is 88.1 Å². The van der Waals surface area contributed by atoms with E-state index < -0.39 is 68.9 Å². The van der Waals surface area contributed by atoms with E-state index in [2.05, 4.69) is 9.97 Å². The van der Waals surface area contributed by atoms with Crippen LogP contribution in [0.25, 0.3) is 11.5 Å². The number of alkyl halides is 8. The highest BCUT2D eigenvalue weighted by molar-refractivity contribution is 6.31. The molecule has 33 heavy (non-hydrogen) atoms. The van der Waals surface area contributed by atoms with Crippen LogP contribution in [0.3, 0.4) is 0 Å². The number of aromatic hydroxyl groups is 1. The third-order valence-corrected chi connectivity index (χ3v) is 4.33. The first-order valence-electron chi connectivity index (χ1n) is 8.41. The number of hydrogen-bond acceptors (Lipinski definition) is 5. The van der Waals surface area contributed by atoms with E-state index in [-0.39, 0.29) is 6.07 Å². The van der Waals surface area contributed by atoms with E-state index in [1.807, 2.05) is 4.98 Å². The van der Waals surface area contributed by atoms with Crippen LogP contribution in [0.5, 0.6) is 17.2 Å². The number of benzene rings is 1. The molecule has 176 valence electrons. The molecule has 0 saturated heterocycles. The molecule has 0 amide bonds. The molecule has 6 nitrogen and oxygen atoms in total. The van der Waals surface area contributed by atoms with Gasteiger partial charge in [-0.25, -0.2) is 9.97 Å². The second-order valence-corrected chi connectivity index (χ2v) is 6.68. The molecule has 0 saturated carbocycles. The summed E-state index contributed by atoms with van der Waals surface area (Å²) in [6.45, 7) is 0. The van der Waals surface area contributed by atoms with Crippen LogP contribution in [0.4, 0.5) is 35.1 Å². The van der Waals surface area contributed by atoms with E-state index in [1.165, 1.54) is 6.07 Å². The molecule has 0 aliphatic carbocycles. The Morgan fingerprint density at radius 2 is 1.70 bits per heavy atom. The first-order chi connectivity index (χ1) is 15.1. The van der Waals surface area contributed by atoms with Gasteiger partial charge in [-0.15, -0.1) is 0 Å². The van der Waals surface area contributed by atoms with Crippen molar-refractivity contribution in [1.29, 1.82) is 0 Å². The largest absolute Gasteiger partial charge is 0.506 e. The highest BCUT2D eigenvalue weighted by atomic mass is 35.5. The normalized spacial score (nSPS) is 12.6. The summed E-state index contributed by atoms with van der Waals surface area (Å²) < 4.78 is 111. The van der Waals surface area contributed by atoms with Gasteiger partial charge in [0, 0.05) is 6.20 Å². The summed E-state index contributed by atoms with van der Waals surface area (Å²) in [6.07, 6.45) is -10.3. The zero-order valence-electron chi connectivity index (χ0n) is 15.5. The predicted molar refractivity (Wildman–Crippen MR) is 96.2 cm³/mol. The Balaban J connectivity index is 2.24. The van der Waals surface area contributed by atoms with Crippen molar-refractivity contribution in [3.8, 4) is 28.8 Å². The van der Waals surface area contributed by atoms with Crippen molar-refractivity contribution in [2.75, 3.05) is 0 Å². The number of aromatic nitrogens is 3. The Kier molecular flexibility index (Phi) is 6.00. The van der Waals surface area contributed by atoms with Gasteiger partial charge in [0.05, 0.1) is 10.6 Å². The second-order valence-electron chi connectivity index (χ2n) is 6.28. The molecule has 1 aromatic carbocycles. The number of halogens is 9. The molecule has 15 heteroatoms. The van der Waals surface area contributed by atoms with Crippen LogP contribution < -0.4 is 10.3 Å². The van der Waals surface area contributed by atoms with E-state index in [9.17, 15) is 45.0 Å². The van der Waals surface area contributed by atoms with Gasteiger partial charge in [0.1, 0.15) is 17.2 Å². The Hall–Kier alpha value is -3.42. The first-order valence-corrected chi connectivity index (χ1v) is 8.79. The minimum atomic E-state index is -6.27. The molecule has 0 unspecified atom stereocenters. The summed E-state index contributed by atoms with van der Waals surface area (Å²) in [5.74, 6) is -10.1. The number of rotatable bonds is 4. The number of H-pyrrole nitrogens is 1. The molecule has 0 bridgehead atoms. The van der Waals surface area contributed by atoms with Gasteiger partial charge >= 0.3 is 18.3 Å². The molecular weight excluding hydrogens is 494 g/mol.